The van der Waals surface area contributed by atoms with E-state index < -0.39 is 29.7 Å². The molecule has 1 aromatic carbocycles. The van der Waals surface area contributed by atoms with Gasteiger partial charge in [-0.05, 0) is 56.5 Å². The van der Waals surface area contributed by atoms with Crippen molar-refractivity contribution in [3.63, 3.8) is 0 Å². The van der Waals surface area contributed by atoms with Crippen molar-refractivity contribution >= 4 is 40.3 Å². The summed E-state index contributed by atoms with van der Waals surface area (Å²) in [5.41, 5.74) is 2.10. The predicted octanol–water partition coefficient (Wildman–Crippen LogP) is 4.43. The van der Waals surface area contributed by atoms with Gasteiger partial charge in [-0.1, -0.05) is 37.6 Å². The zero-order valence-corrected chi connectivity index (χ0v) is 26.9. The minimum Gasteiger partial charge on any atom is -0.464 e. The molecule has 3 atom stereocenters. The van der Waals surface area contributed by atoms with Gasteiger partial charge in [0, 0.05) is 37.4 Å². The van der Waals surface area contributed by atoms with Crippen molar-refractivity contribution in [2.24, 2.45) is 0 Å². The van der Waals surface area contributed by atoms with Crippen LogP contribution in [0, 0.1) is 12.7 Å². The molecule has 46 heavy (non-hydrogen) atoms. The average Bonchev–Trinajstić information content (AvgIpc) is 3.83. The Bertz CT molecular complexity index is 1920. The summed E-state index contributed by atoms with van der Waals surface area (Å²) >= 11 is 6.80. The molecule has 13 heteroatoms. The Balaban J connectivity index is 1.45. The van der Waals surface area contributed by atoms with Crippen LogP contribution in [0.2, 0.25) is 5.02 Å². The van der Waals surface area contributed by atoms with Gasteiger partial charge in [-0.15, -0.1) is 0 Å². The summed E-state index contributed by atoms with van der Waals surface area (Å²) < 4.78 is 26.8. The lowest BCUT2D eigenvalue weighted by molar-refractivity contribution is -0.144. The lowest BCUT2D eigenvalue weighted by Gasteiger charge is -2.40. The molecule has 0 bridgehead atoms. The zero-order chi connectivity index (χ0) is 32.9. The number of pyridine rings is 2. The number of aryl methyl sites for hydroxylation is 1. The number of rotatable bonds is 7. The molecule has 0 spiro atoms. The fraction of sp³-hybridized carbons (Fsp3) is 0.394. The second kappa shape index (κ2) is 12.4. The van der Waals surface area contributed by atoms with Crippen LogP contribution in [0.1, 0.15) is 44.9 Å². The first kappa shape index (κ1) is 31.6. The molecular weight excluding hydrogens is 615 g/mol. The van der Waals surface area contributed by atoms with E-state index in [-0.39, 0.29) is 46.4 Å². The number of anilines is 1. The Morgan fingerprint density at radius 3 is 2.61 bits per heavy atom. The summed E-state index contributed by atoms with van der Waals surface area (Å²) in [6, 6.07) is 9.39. The van der Waals surface area contributed by atoms with Gasteiger partial charge < -0.3 is 19.3 Å². The highest BCUT2D eigenvalue weighted by Gasteiger charge is 2.53. The number of hydrogen-bond donors (Lipinski definition) is 0. The number of hydrogen-bond acceptors (Lipinski definition) is 9. The van der Waals surface area contributed by atoms with Crippen molar-refractivity contribution in [1.82, 2.24) is 24.4 Å². The Labute approximate surface area is 269 Å². The van der Waals surface area contributed by atoms with E-state index in [1.54, 1.807) is 42.3 Å². The Hall–Kier alpha value is -4.42. The third-order valence-electron chi connectivity index (χ3n) is 8.32. The SMILES string of the molecule is CCOC(=O)[C@@H]1O[C@H]1C(=O)N1CCN(c2nc(=O)n(-c3c(C)ccnc3C(C)C)c3nc(-c4ccccc4F)c(Cl)cc23)[C@@H](C)C1. The van der Waals surface area contributed by atoms with Gasteiger partial charge in [0.15, 0.2) is 17.9 Å². The van der Waals surface area contributed by atoms with Gasteiger partial charge in [0.25, 0.3) is 5.91 Å². The number of fused-ring (bicyclic) bond motifs is 1. The smallest absolute Gasteiger partial charge is 0.355 e. The number of carbonyl (C=O) groups excluding carboxylic acids is 2. The van der Waals surface area contributed by atoms with Crippen LogP contribution in [-0.4, -0.2) is 80.8 Å². The van der Waals surface area contributed by atoms with Crippen molar-refractivity contribution in [3.05, 3.63) is 75.2 Å². The first-order valence-electron chi connectivity index (χ1n) is 15.2. The molecule has 2 fully saturated rings. The molecule has 0 N–H and O–H groups in total. The molecule has 6 rings (SSSR count). The number of nitrogens with zero attached hydrogens (tertiary/aromatic N) is 6. The first-order valence-corrected chi connectivity index (χ1v) is 15.6. The summed E-state index contributed by atoms with van der Waals surface area (Å²) in [7, 11) is 0. The van der Waals surface area contributed by atoms with Gasteiger partial charge >= 0.3 is 11.7 Å². The minimum atomic E-state index is -0.887. The highest BCUT2D eigenvalue weighted by molar-refractivity contribution is 6.33. The summed E-state index contributed by atoms with van der Waals surface area (Å²) in [5.74, 6) is -1.01. The number of halogens is 2. The minimum absolute atomic E-state index is 0.0284. The molecule has 0 saturated carbocycles. The maximum absolute atomic E-state index is 15.0. The summed E-state index contributed by atoms with van der Waals surface area (Å²) in [6.07, 6.45) is -0.0524. The third kappa shape index (κ3) is 5.60. The summed E-state index contributed by atoms with van der Waals surface area (Å²) in [5, 5.41) is 0.678. The number of benzene rings is 1. The average molecular weight is 649 g/mol. The van der Waals surface area contributed by atoms with Gasteiger partial charge in [0.2, 0.25) is 0 Å². The van der Waals surface area contributed by atoms with E-state index in [4.69, 9.17) is 26.1 Å². The predicted molar refractivity (Wildman–Crippen MR) is 171 cm³/mol. The van der Waals surface area contributed by atoms with Gasteiger partial charge in [0.1, 0.15) is 11.6 Å². The second-order valence-corrected chi connectivity index (χ2v) is 12.2. The Kier molecular flexibility index (Phi) is 8.51. The van der Waals surface area contributed by atoms with Crippen LogP contribution in [0.4, 0.5) is 10.2 Å². The van der Waals surface area contributed by atoms with E-state index in [0.717, 1.165) is 5.56 Å². The van der Waals surface area contributed by atoms with Crippen molar-refractivity contribution in [1.29, 1.82) is 0 Å². The van der Waals surface area contributed by atoms with E-state index in [9.17, 15) is 14.4 Å². The molecule has 11 nitrogen and oxygen atoms in total. The zero-order valence-electron chi connectivity index (χ0n) is 26.2. The maximum atomic E-state index is 15.0. The Morgan fingerprint density at radius 1 is 1.15 bits per heavy atom. The number of ether oxygens (including phenoxy) is 2. The van der Waals surface area contributed by atoms with Crippen molar-refractivity contribution < 1.29 is 23.5 Å². The number of esters is 1. The van der Waals surface area contributed by atoms with E-state index in [1.807, 2.05) is 38.7 Å². The Morgan fingerprint density at radius 2 is 1.91 bits per heavy atom. The molecule has 3 aromatic heterocycles. The number of epoxide rings is 1. The van der Waals surface area contributed by atoms with E-state index in [2.05, 4.69) is 9.97 Å². The fourth-order valence-corrected chi connectivity index (χ4v) is 6.26. The number of carbonyl (C=O) groups is 2. The van der Waals surface area contributed by atoms with Crippen LogP contribution in [-0.2, 0) is 19.1 Å². The highest BCUT2D eigenvalue weighted by atomic mass is 35.5. The standard InChI is InChI=1S/C33H34ClFN6O5/c1-6-45-32(43)28-27(46-28)31(42)39-13-14-40(19(5)16-39)29-21-15-22(34)25(20-9-7-8-10-23(20)35)37-30(21)41(33(44)38-29)26-18(4)11-12-36-24(26)17(2)3/h7-12,15,17,19,27-28H,6,13-14,16H2,1-5H3/t19-,27+,28+/m0/s1. The summed E-state index contributed by atoms with van der Waals surface area (Å²) in [6.45, 7) is 10.6. The molecule has 2 aliphatic rings. The number of aromatic nitrogens is 4. The summed E-state index contributed by atoms with van der Waals surface area (Å²) in [4.78, 5) is 56.8. The van der Waals surface area contributed by atoms with Crippen LogP contribution in [0.25, 0.3) is 28.0 Å². The molecule has 0 aliphatic carbocycles. The van der Waals surface area contributed by atoms with Gasteiger partial charge in [-0.25, -0.2) is 23.5 Å². The molecule has 5 heterocycles. The lowest BCUT2D eigenvalue weighted by atomic mass is 10.0. The van der Waals surface area contributed by atoms with Crippen LogP contribution < -0.4 is 10.6 Å². The van der Waals surface area contributed by atoms with E-state index in [1.165, 1.54) is 10.6 Å². The number of amides is 1. The first-order chi connectivity index (χ1) is 22.0. The molecule has 0 radical (unpaired) electrons. The molecule has 240 valence electrons. The van der Waals surface area contributed by atoms with E-state index >= 15 is 4.39 Å². The molecule has 0 unspecified atom stereocenters. The van der Waals surface area contributed by atoms with Crippen LogP contribution in [0.15, 0.2) is 47.4 Å². The maximum Gasteiger partial charge on any atom is 0.355 e. The molecule has 4 aromatic rings. The van der Waals surface area contributed by atoms with Crippen molar-refractivity contribution in [2.45, 2.75) is 58.8 Å². The quantitative estimate of drug-likeness (QED) is 0.211. The van der Waals surface area contributed by atoms with Crippen molar-refractivity contribution in [3.8, 4) is 16.9 Å². The van der Waals surface area contributed by atoms with Crippen LogP contribution >= 0.6 is 11.6 Å². The number of piperazine rings is 1. The van der Waals surface area contributed by atoms with Crippen molar-refractivity contribution in [2.75, 3.05) is 31.1 Å². The van der Waals surface area contributed by atoms with Gasteiger partial charge in [0.05, 0.1) is 34.1 Å². The molecule has 1 amide bonds. The second-order valence-electron chi connectivity index (χ2n) is 11.8. The largest absolute Gasteiger partial charge is 0.464 e. The van der Waals surface area contributed by atoms with Gasteiger partial charge in [-0.2, -0.15) is 4.98 Å². The topological polar surface area (TPSA) is 123 Å². The lowest BCUT2D eigenvalue weighted by Crippen LogP contribution is -2.55. The fourth-order valence-electron chi connectivity index (χ4n) is 6.01. The normalized spacial score (nSPS) is 19.5. The molecule has 2 aliphatic heterocycles. The van der Waals surface area contributed by atoms with Gasteiger partial charge in [-0.3, -0.25) is 9.78 Å². The highest BCUT2D eigenvalue weighted by Crippen LogP contribution is 2.36. The van der Waals surface area contributed by atoms with E-state index in [0.29, 0.717) is 42.2 Å². The van der Waals surface area contributed by atoms with Crippen LogP contribution in [0.3, 0.4) is 0 Å². The third-order valence-corrected chi connectivity index (χ3v) is 8.61. The molecular formula is C33H34ClFN6O5. The molecule has 2 saturated heterocycles. The van der Waals surface area contributed by atoms with Crippen LogP contribution in [0.5, 0.6) is 0 Å². The monoisotopic (exact) mass is 648 g/mol.